The van der Waals surface area contributed by atoms with Gasteiger partial charge in [-0.25, -0.2) is 0 Å². The summed E-state index contributed by atoms with van der Waals surface area (Å²) < 4.78 is 5.16. The second kappa shape index (κ2) is 7.20. The maximum atomic E-state index is 5.16. The molecule has 0 aliphatic carbocycles. The van der Waals surface area contributed by atoms with Crippen molar-refractivity contribution in [2.24, 2.45) is 5.92 Å². The molecule has 0 aromatic carbocycles. The van der Waals surface area contributed by atoms with Gasteiger partial charge in [-0.2, -0.15) is 0 Å². The van der Waals surface area contributed by atoms with Crippen LogP contribution >= 0.6 is 0 Å². The number of methoxy groups -OCH3 is 1. The molecule has 1 saturated heterocycles. The molecule has 0 amide bonds. The van der Waals surface area contributed by atoms with Crippen LogP contribution in [-0.2, 0) is 4.74 Å². The molecular weight excluding hydrogens is 188 g/mol. The first-order chi connectivity index (χ1) is 7.22. The van der Waals surface area contributed by atoms with Crippen LogP contribution in [0.2, 0.25) is 0 Å². The van der Waals surface area contributed by atoms with E-state index in [1.807, 2.05) is 0 Å². The van der Waals surface area contributed by atoms with Crippen molar-refractivity contribution < 1.29 is 4.74 Å². The lowest BCUT2D eigenvalue weighted by Gasteiger charge is -2.26. The Morgan fingerprint density at radius 1 is 1.47 bits per heavy atom. The predicted molar refractivity (Wildman–Crippen MR) is 64.2 cm³/mol. The van der Waals surface area contributed by atoms with Crippen molar-refractivity contribution in [1.82, 2.24) is 10.2 Å². The third-order valence-corrected chi connectivity index (χ3v) is 2.88. The molecule has 1 fully saturated rings. The smallest absolute Gasteiger partial charge is 0.0589 e. The van der Waals surface area contributed by atoms with Gasteiger partial charge in [-0.3, -0.25) is 4.90 Å². The minimum Gasteiger partial charge on any atom is -0.383 e. The molecule has 1 aliphatic rings. The Bertz CT molecular complexity index is 156. The van der Waals surface area contributed by atoms with Gasteiger partial charge in [0.25, 0.3) is 0 Å². The van der Waals surface area contributed by atoms with E-state index in [4.69, 9.17) is 4.74 Å². The van der Waals surface area contributed by atoms with Gasteiger partial charge in [0.15, 0.2) is 0 Å². The van der Waals surface area contributed by atoms with Gasteiger partial charge in [0.05, 0.1) is 6.61 Å². The molecule has 0 radical (unpaired) electrons. The first-order valence-corrected chi connectivity index (χ1v) is 6.17. The van der Waals surface area contributed by atoms with Crippen LogP contribution < -0.4 is 5.32 Å². The average Bonchev–Trinajstić information content (AvgIpc) is 2.66. The van der Waals surface area contributed by atoms with E-state index in [2.05, 4.69) is 24.1 Å². The SMILES string of the molecule is COCCN(CC(C)C)C[C@@H]1CCCN1. The van der Waals surface area contributed by atoms with Crippen LogP contribution in [0.1, 0.15) is 26.7 Å². The average molecular weight is 214 g/mol. The van der Waals surface area contributed by atoms with E-state index in [-0.39, 0.29) is 0 Å². The lowest BCUT2D eigenvalue weighted by molar-refractivity contribution is 0.134. The topological polar surface area (TPSA) is 24.5 Å². The molecule has 0 aromatic heterocycles. The van der Waals surface area contributed by atoms with Gasteiger partial charge in [0.1, 0.15) is 0 Å². The highest BCUT2D eigenvalue weighted by molar-refractivity contribution is 4.78. The van der Waals surface area contributed by atoms with Gasteiger partial charge in [-0.1, -0.05) is 13.8 Å². The van der Waals surface area contributed by atoms with Crippen molar-refractivity contribution in [1.29, 1.82) is 0 Å². The number of hydrogen-bond acceptors (Lipinski definition) is 3. The molecule has 1 aliphatic heterocycles. The van der Waals surface area contributed by atoms with Gasteiger partial charge < -0.3 is 10.1 Å². The van der Waals surface area contributed by atoms with E-state index >= 15 is 0 Å². The molecule has 1 N–H and O–H groups in total. The Hall–Kier alpha value is -0.120. The van der Waals surface area contributed by atoms with Crippen LogP contribution in [0.25, 0.3) is 0 Å². The second-order valence-electron chi connectivity index (χ2n) is 4.94. The number of rotatable bonds is 7. The van der Waals surface area contributed by atoms with Crippen molar-refractivity contribution in [2.75, 3.05) is 39.9 Å². The fourth-order valence-corrected chi connectivity index (χ4v) is 2.22. The Morgan fingerprint density at radius 2 is 2.27 bits per heavy atom. The number of nitrogens with zero attached hydrogens (tertiary/aromatic N) is 1. The van der Waals surface area contributed by atoms with Crippen molar-refractivity contribution in [3.63, 3.8) is 0 Å². The lowest BCUT2D eigenvalue weighted by atomic mass is 10.1. The third-order valence-electron chi connectivity index (χ3n) is 2.88. The number of hydrogen-bond donors (Lipinski definition) is 1. The zero-order chi connectivity index (χ0) is 11.1. The van der Waals surface area contributed by atoms with Crippen LogP contribution in [0.5, 0.6) is 0 Å². The molecule has 1 rings (SSSR count). The summed E-state index contributed by atoms with van der Waals surface area (Å²) in [6.45, 7) is 10.0. The van der Waals surface area contributed by atoms with E-state index in [9.17, 15) is 0 Å². The van der Waals surface area contributed by atoms with E-state index in [0.29, 0.717) is 6.04 Å². The molecule has 15 heavy (non-hydrogen) atoms. The summed E-state index contributed by atoms with van der Waals surface area (Å²) in [5.41, 5.74) is 0. The summed E-state index contributed by atoms with van der Waals surface area (Å²) in [6.07, 6.45) is 2.67. The van der Waals surface area contributed by atoms with E-state index in [1.165, 1.54) is 32.5 Å². The van der Waals surface area contributed by atoms with Crippen LogP contribution in [0.3, 0.4) is 0 Å². The summed E-state index contributed by atoms with van der Waals surface area (Å²) in [4.78, 5) is 2.52. The highest BCUT2D eigenvalue weighted by Crippen LogP contribution is 2.08. The Kier molecular flexibility index (Phi) is 6.22. The number of nitrogens with one attached hydrogen (secondary N) is 1. The van der Waals surface area contributed by atoms with Gasteiger partial charge in [0, 0.05) is 32.8 Å². The van der Waals surface area contributed by atoms with Crippen molar-refractivity contribution in [3.8, 4) is 0 Å². The predicted octanol–water partition coefficient (Wildman–Crippen LogP) is 1.34. The molecule has 0 saturated carbocycles. The molecule has 0 bridgehead atoms. The van der Waals surface area contributed by atoms with Crippen LogP contribution in [-0.4, -0.2) is 50.8 Å². The largest absolute Gasteiger partial charge is 0.383 e. The monoisotopic (exact) mass is 214 g/mol. The quantitative estimate of drug-likeness (QED) is 0.692. The van der Waals surface area contributed by atoms with E-state index in [0.717, 1.165) is 19.1 Å². The minimum absolute atomic E-state index is 0.709. The summed E-state index contributed by atoms with van der Waals surface area (Å²) >= 11 is 0. The third kappa shape index (κ3) is 5.50. The number of ether oxygens (including phenoxy) is 1. The van der Waals surface area contributed by atoms with Gasteiger partial charge in [-0.05, 0) is 25.3 Å². The van der Waals surface area contributed by atoms with Crippen LogP contribution in [0.4, 0.5) is 0 Å². The van der Waals surface area contributed by atoms with Crippen LogP contribution in [0.15, 0.2) is 0 Å². The van der Waals surface area contributed by atoms with Crippen molar-refractivity contribution in [3.05, 3.63) is 0 Å². The highest BCUT2D eigenvalue weighted by atomic mass is 16.5. The lowest BCUT2D eigenvalue weighted by Crippen LogP contribution is -2.40. The van der Waals surface area contributed by atoms with Gasteiger partial charge in [0.2, 0.25) is 0 Å². The van der Waals surface area contributed by atoms with Crippen molar-refractivity contribution >= 4 is 0 Å². The standard InChI is InChI=1S/C12H26N2O/c1-11(2)9-14(7-8-15-3)10-12-5-4-6-13-12/h11-13H,4-10H2,1-3H3/t12-/m0/s1. The van der Waals surface area contributed by atoms with E-state index in [1.54, 1.807) is 7.11 Å². The molecule has 1 heterocycles. The zero-order valence-electron chi connectivity index (χ0n) is 10.5. The van der Waals surface area contributed by atoms with E-state index < -0.39 is 0 Å². The molecule has 1 atom stereocenters. The Balaban J connectivity index is 2.26. The summed E-state index contributed by atoms with van der Waals surface area (Å²) in [5, 5.41) is 3.55. The molecular formula is C12H26N2O. The molecule has 0 unspecified atom stereocenters. The normalized spacial score (nSPS) is 21.8. The first kappa shape index (κ1) is 12.9. The second-order valence-corrected chi connectivity index (χ2v) is 4.94. The van der Waals surface area contributed by atoms with Gasteiger partial charge in [-0.15, -0.1) is 0 Å². The van der Waals surface area contributed by atoms with Crippen LogP contribution in [0, 0.1) is 5.92 Å². The van der Waals surface area contributed by atoms with Crippen molar-refractivity contribution in [2.45, 2.75) is 32.7 Å². The fourth-order valence-electron chi connectivity index (χ4n) is 2.22. The zero-order valence-corrected chi connectivity index (χ0v) is 10.5. The Labute approximate surface area is 94.2 Å². The maximum absolute atomic E-state index is 5.16. The maximum Gasteiger partial charge on any atom is 0.0589 e. The summed E-state index contributed by atoms with van der Waals surface area (Å²) in [7, 11) is 1.78. The highest BCUT2D eigenvalue weighted by Gasteiger charge is 2.18. The molecule has 90 valence electrons. The minimum atomic E-state index is 0.709. The first-order valence-electron chi connectivity index (χ1n) is 6.17. The molecule has 0 spiro atoms. The summed E-state index contributed by atoms with van der Waals surface area (Å²) in [5.74, 6) is 0.739. The fraction of sp³-hybridized carbons (Fsp3) is 1.00. The molecule has 3 nitrogen and oxygen atoms in total. The molecule has 0 aromatic rings. The Morgan fingerprint density at radius 3 is 2.80 bits per heavy atom. The summed E-state index contributed by atoms with van der Waals surface area (Å²) in [6, 6.07) is 0.709. The molecule has 3 heteroatoms. The van der Waals surface area contributed by atoms with Gasteiger partial charge >= 0.3 is 0 Å².